The third kappa shape index (κ3) is 4.10. The van der Waals surface area contributed by atoms with Crippen LogP contribution in [-0.4, -0.2) is 71.7 Å². The molecule has 168 valence electrons. The van der Waals surface area contributed by atoms with Gasteiger partial charge in [0, 0.05) is 32.2 Å². The van der Waals surface area contributed by atoms with Crippen LogP contribution in [0, 0.1) is 0 Å². The lowest BCUT2D eigenvalue weighted by atomic mass is 10.2. The second-order valence-electron chi connectivity index (χ2n) is 7.56. The Balaban J connectivity index is 1.24. The maximum absolute atomic E-state index is 13.1. The predicted molar refractivity (Wildman–Crippen MR) is 117 cm³/mol. The van der Waals surface area contributed by atoms with Gasteiger partial charge < -0.3 is 14.2 Å². The molecule has 1 saturated heterocycles. The maximum Gasteiger partial charge on any atom is 0.267 e. The van der Waals surface area contributed by atoms with Crippen LogP contribution in [-0.2, 0) is 4.79 Å². The summed E-state index contributed by atoms with van der Waals surface area (Å²) in [5.74, 6) is 1.68. The van der Waals surface area contributed by atoms with Crippen LogP contribution in [0.15, 0.2) is 64.5 Å². The summed E-state index contributed by atoms with van der Waals surface area (Å²) in [5, 5.41) is 16.8. The van der Waals surface area contributed by atoms with E-state index in [-0.39, 0.29) is 11.5 Å². The van der Waals surface area contributed by atoms with E-state index in [1.807, 2.05) is 12.1 Å². The molecule has 0 saturated carbocycles. The topological polar surface area (TPSA) is 128 Å². The first kappa shape index (κ1) is 20.5. The molecule has 0 spiro atoms. The van der Waals surface area contributed by atoms with Gasteiger partial charge in [0.1, 0.15) is 24.4 Å². The van der Waals surface area contributed by atoms with Crippen molar-refractivity contribution in [1.82, 2.24) is 39.6 Å². The molecule has 0 aliphatic carbocycles. The van der Waals surface area contributed by atoms with Gasteiger partial charge in [-0.3, -0.25) is 9.59 Å². The van der Waals surface area contributed by atoms with Gasteiger partial charge in [-0.25, -0.2) is 14.3 Å². The molecule has 5 rings (SSSR count). The highest BCUT2D eigenvalue weighted by Gasteiger charge is 2.28. The van der Waals surface area contributed by atoms with Gasteiger partial charge >= 0.3 is 0 Å². The van der Waals surface area contributed by atoms with Crippen LogP contribution in [0.4, 0.5) is 5.82 Å². The molecule has 4 aromatic rings. The number of hydrogen-bond acceptors (Lipinski definition) is 9. The van der Waals surface area contributed by atoms with Crippen molar-refractivity contribution < 1.29 is 9.21 Å². The Hall–Kier alpha value is -4.35. The first-order chi connectivity index (χ1) is 16.1. The summed E-state index contributed by atoms with van der Waals surface area (Å²) < 4.78 is 8.10. The highest BCUT2D eigenvalue weighted by atomic mass is 16.3. The Kier molecular flexibility index (Phi) is 5.39. The minimum Gasteiger partial charge on any atom is -0.463 e. The first-order valence-corrected chi connectivity index (χ1v) is 10.5. The van der Waals surface area contributed by atoms with Gasteiger partial charge in [0.2, 0.25) is 5.91 Å². The minimum absolute atomic E-state index is 0.159. The lowest BCUT2D eigenvalue weighted by molar-refractivity contribution is -0.135. The molecular formula is C21H21N9O3. The average molecular weight is 447 g/mol. The van der Waals surface area contributed by atoms with Crippen molar-refractivity contribution in [1.29, 1.82) is 0 Å². The molecule has 12 nitrogen and oxygen atoms in total. The molecule has 1 aliphatic heterocycles. The summed E-state index contributed by atoms with van der Waals surface area (Å²) >= 11 is 0. The van der Waals surface area contributed by atoms with Crippen LogP contribution in [0.5, 0.6) is 0 Å². The fraction of sp³-hybridized carbons (Fsp3) is 0.286. The number of aromatic nitrogens is 7. The molecule has 5 heterocycles. The molecule has 4 aromatic heterocycles. The van der Waals surface area contributed by atoms with Crippen molar-refractivity contribution in [2.24, 2.45) is 0 Å². The summed E-state index contributed by atoms with van der Waals surface area (Å²) in [6, 6.07) is 9.43. The van der Waals surface area contributed by atoms with E-state index >= 15 is 0 Å². The molecule has 1 aliphatic rings. The summed E-state index contributed by atoms with van der Waals surface area (Å²) in [6.07, 6.45) is 4.52. The first-order valence-electron chi connectivity index (χ1n) is 10.5. The quantitative estimate of drug-likeness (QED) is 0.436. The van der Waals surface area contributed by atoms with Crippen LogP contribution < -0.4 is 10.5 Å². The Morgan fingerprint density at radius 2 is 1.82 bits per heavy atom. The molecule has 0 N–H and O–H groups in total. The zero-order chi connectivity index (χ0) is 22.8. The number of rotatable bonds is 5. The van der Waals surface area contributed by atoms with E-state index in [1.54, 1.807) is 36.4 Å². The highest BCUT2D eigenvalue weighted by molar-refractivity contribution is 5.80. The van der Waals surface area contributed by atoms with Gasteiger partial charge in [-0.1, -0.05) is 0 Å². The van der Waals surface area contributed by atoms with Crippen LogP contribution in [0.2, 0.25) is 0 Å². The molecule has 0 bridgehead atoms. The van der Waals surface area contributed by atoms with Crippen molar-refractivity contribution in [3.63, 3.8) is 0 Å². The van der Waals surface area contributed by atoms with Crippen LogP contribution in [0.25, 0.3) is 17.3 Å². The number of anilines is 1. The predicted octanol–water partition coefficient (Wildman–Crippen LogP) is 0.784. The van der Waals surface area contributed by atoms with Gasteiger partial charge in [0.05, 0.1) is 6.26 Å². The second-order valence-corrected chi connectivity index (χ2v) is 7.56. The van der Waals surface area contributed by atoms with E-state index < -0.39 is 6.04 Å². The van der Waals surface area contributed by atoms with E-state index in [1.165, 1.54) is 28.0 Å². The van der Waals surface area contributed by atoms with Crippen LogP contribution in [0.3, 0.4) is 0 Å². The second kappa shape index (κ2) is 8.65. The number of hydrogen-bond donors (Lipinski definition) is 0. The van der Waals surface area contributed by atoms with Crippen molar-refractivity contribution in [2.75, 3.05) is 31.1 Å². The minimum atomic E-state index is -0.735. The average Bonchev–Trinajstić information content (AvgIpc) is 3.59. The summed E-state index contributed by atoms with van der Waals surface area (Å²) in [6.45, 7) is 3.89. The normalized spacial score (nSPS) is 14.9. The number of carbonyl (C=O) groups is 1. The lowest BCUT2D eigenvalue weighted by Crippen LogP contribution is -2.51. The van der Waals surface area contributed by atoms with Crippen LogP contribution >= 0.6 is 0 Å². The Morgan fingerprint density at radius 3 is 2.48 bits per heavy atom. The van der Waals surface area contributed by atoms with Crippen LogP contribution in [0.1, 0.15) is 13.0 Å². The Morgan fingerprint density at radius 1 is 1.03 bits per heavy atom. The number of piperazine rings is 1. The van der Waals surface area contributed by atoms with E-state index in [2.05, 4.69) is 30.3 Å². The molecule has 1 atom stereocenters. The molecule has 1 fully saturated rings. The molecular weight excluding hydrogens is 426 g/mol. The molecule has 1 amide bonds. The largest absolute Gasteiger partial charge is 0.463 e. The van der Waals surface area contributed by atoms with E-state index in [4.69, 9.17) is 4.42 Å². The van der Waals surface area contributed by atoms with Crippen molar-refractivity contribution >= 4 is 11.7 Å². The molecule has 12 heteroatoms. The lowest BCUT2D eigenvalue weighted by Gasteiger charge is -2.36. The number of furan rings is 1. The summed E-state index contributed by atoms with van der Waals surface area (Å²) in [5.41, 5.74) is 0.157. The fourth-order valence-corrected chi connectivity index (χ4v) is 3.72. The van der Waals surface area contributed by atoms with Gasteiger partial charge in [0.25, 0.3) is 5.56 Å². The third-order valence-corrected chi connectivity index (χ3v) is 5.53. The standard InChI is InChI=1S/C21H21N9O3/c1-15(30-20(31)7-4-16(26-30)17-3-2-12-33-17)21(32)28-10-8-27(9-11-28)18-5-6-19(25-24-18)29-14-22-13-23-29/h2-7,12-15H,8-11H2,1H3/t15-/m0/s1. The Labute approximate surface area is 188 Å². The van der Waals surface area contributed by atoms with Crippen molar-refractivity contribution in [2.45, 2.75) is 13.0 Å². The van der Waals surface area contributed by atoms with Gasteiger partial charge in [-0.05, 0) is 37.3 Å². The van der Waals surface area contributed by atoms with Gasteiger partial charge in [0.15, 0.2) is 17.4 Å². The number of nitrogens with zero attached hydrogens (tertiary/aromatic N) is 9. The number of amides is 1. The molecule has 0 aromatic carbocycles. The maximum atomic E-state index is 13.1. The van der Waals surface area contributed by atoms with E-state index in [0.29, 0.717) is 43.5 Å². The molecule has 0 radical (unpaired) electrons. The SMILES string of the molecule is C[C@@H](C(=O)N1CCN(c2ccc(-n3cncn3)nn2)CC1)n1nc(-c2ccco2)ccc1=O. The zero-order valence-corrected chi connectivity index (χ0v) is 17.9. The van der Waals surface area contributed by atoms with Gasteiger partial charge in [-0.2, -0.15) is 10.2 Å². The smallest absolute Gasteiger partial charge is 0.267 e. The third-order valence-electron chi connectivity index (χ3n) is 5.53. The number of carbonyl (C=O) groups excluding carboxylic acids is 1. The Bertz CT molecular complexity index is 1280. The van der Waals surface area contributed by atoms with Gasteiger partial charge in [-0.15, -0.1) is 10.2 Å². The molecule has 33 heavy (non-hydrogen) atoms. The molecule has 0 unspecified atom stereocenters. The van der Waals surface area contributed by atoms with Crippen molar-refractivity contribution in [3.05, 3.63) is 65.7 Å². The summed E-state index contributed by atoms with van der Waals surface area (Å²) in [4.78, 5) is 33.2. The zero-order valence-electron chi connectivity index (χ0n) is 17.9. The fourth-order valence-electron chi connectivity index (χ4n) is 3.72. The summed E-state index contributed by atoms with van der Waals surface area (Å²) in [7, 11) is 0. The monoisotopic (exact) mass is 447 g/mol. The van der Waals surface area contributed by atoms with E-state index in [9.17, 15) is 9.59 Å². The van der Waals surface area contributed by atoms with Crippen molar-refractivity contribution in [3.8, 4) is 17.3 Å². The highest BCUT2D eigenvalue weighted by Crippen LogP contribution is 2.18. The van der Waals surface area contributed by atoms with E-state index in [0.717, 1.165) is 5.82 Å².